The Morgan fingerprint density at radius 3 is 2.50 bits per heavy atom. The summed E-state index contributed by atoms with van der Waals surface area (Å²) < 4.78 is 29.0. The van der Waals surface area contributed by atoms with E-state index >= 15 is 0 Å². The fourth-order valence-electron chi connectivity index (χ4n) is 3.26. The standard InChI is InChI=1S/C21H30N4O4S/c1-16(17-5-7-20(29-4)8-6-17)23-21(26)18(13-22)14-25(11-10-24(2)3)19-9-12-30(27,28)15-19/h5-8,14,16,19H,9-12,15H2,1-4H3,(H,23,26)/b18-14-. The molecule has 0 aromatic heterocycles. The average molecular weight is 435 g/mol. The van der Waals surface area contributed by atoms with Crippen molar-refractivity contribution in [2.24, 2.45) is 0 Å². The summed E-state index contributed by atoms with van der Waals surface area (Å²) >= 11 is 0. The minimum atomic E-state index is -3.08. The lowest BCUT2D eigenvalue weighted by molar-refractivity contribution is -0.117. The van der Waals surface area contributed by atoms with Crippen molar-refractivity contribution in [3.8, 4) is 11.8 Å². The average Bonchev–Trinajstić information content (AvgIpc) is 3.07. The summed E-state index contributed by atoms with van der Waals surface area (Å²) in [6.45, 7) is 3.04. The molecule has 1 heterocycles. The van der Waals surface area contributed by atoms with Crippen molar-refractivity contribution >= 4 is 15.7 Å². The van der Waals surface area contributed by atoms with E-state index in [1.54, 1.807) is 7.11 Å². The number of sulfone groups is 1. The molecule has 1 N–H and O–H groups in total. The predicted octanol–water partition coefficient (Wildman–Crippen LogP) is 1.33. The lowest BCUT2D eigenvalue weighted by Gasteiger charge is -2.28. The molecule has 8 nitrogen and oxygen atoms in total. The zero-order chi connectivity index (χ0) is 22.3. The lowest BCUT2D eigenvalue weighted by atomic mass is 10.1. The Morgan fingerprint density at radius 1 is 1.33 bits per heavy atom. The summed E-state index contributed by atoms with van der Waals surface area (Å²) in [5, 5.41) is 12.4. The second-order valence-electron chi connectivity index (χ2n) is 7.72. The Labute approximate surface area is 179 Å². The van der Waals surface area contributed by atoms with Gasteiger partial charge in [0.1, 0.15) is 17.4 Å². The summed E-state index contributed by atoms with van der Waals surface area (Å²) in [5.41, 5.74) is 0.839. The first-order valence-corrected chi connectivity index (χ1v) is 11.6. The molecule has 0 bridgehead atoms. The number of nitrogens with one attached hydrogen (secondary N) is 1. The molecule has 0 radical (unpaired) electrons. The van der Waals surface area contributed by atoms with E-state index in [1.165, 1.54) is 6.20 Å². The molecule has 30 heavy (non-hydrogen) atoms. The minimum Gasteiger partial charge on any atom is -0.497 e. The first kappa shape index (κ1) is 23.7. The quantitative estimate of drug-likeness (QED) is 0.462. The Kier molecular flexibility index (Phi) is 8.26. The zero-order valence-corrected chi connectivity index (χ0v) is 18.8. The number of nitrogens with zero attached hydrogens (tertiary/aromatic N) is 3. The number of carbonyl (C=O) groups is 1. The van der Waals surface area contributed by atoms with E-state index in [4.69, 9.17) is 4.74 Å². The van der Waals surface area contributed by atoms with Gasteiger partial charge in [-0.25, -0.2) is 8.42 Å². The lowest BCUT2D eigenvalue weighted by Crippen LogP contribution is -2.38. The van der Waals surface area contributed by atoms with Gasteiger partial charge < -0.3 is 19.9 Å². The third kappa shape index (κ3) is 6.75. The molecule has 0 saturated carbocycles. The molecule has 1 aromatic rings. The number of rotatable bonds is 9. The minimum absolute atomic E-state index is 0.0412. The van der Waals surface area contributed by atoms with Gasteiger partial charge in [0.05, 0.1) is 24.7 Å². The fraction of sp³-hybridized carbons (Fsp3) is 0.524. The second kappa shape index (κ2) is 10.5. The van der Waals surface area contributed by atoms with Gasteiger partial charge in [0.15, 0.2) is 9.84 Å². The van der Waals surface area contributed by atoms with Crippen LogP contribution in [0.1, 0.15) is 24.9 Å². The van der Waals surface area contributed by atoms with Crippen molar-refractivity contribution in [3.63, 3.8) is 0 Å². The Bertz CT molecular complexity index is 904. The monoisotopic (exact) mass is 434 g/mol. The molecule has 164 valence electrons. The van der Waals surface area contributed by atoms with Gasteiger partial charge in [-0.05, 0) is 45.1 Å². The number of benzene rings is 1. The van der Waals surface area contributed by atoms with Crippen LogP contribution in [0.4, 0.5) is 0 Å². The highest BCUT2D eigenvalue weighted by molar-refractivity contribution is 7.91. The summed E-state index contributed by atoms with van der Waals surface area (Å²) in [6, 6.07) is 8.75. The largest absolute Gasteiger partial charge is 0.497 e. The van der Waals surface area contributed by atoms with Crippen molar-refractivity contribution < 1.29 is 17.9 Å². The number of likely N-dealkylation sites (N-methyl/N-ethyl adjacent to an activating group) is 1. The molecular weight excluding hydrogens is 404 g/mol. The summed E-state index contributed by atoms with van der Waals surface area (Å²) in [4.78, 5) is 16.5. The molecule has 1 amide bonds. The molecule has 1 fully saturated rings. The summed E-state index contributed by atoms with van der Waals surface area (Å²) in [6.07, 6.45) is 2.00. The van der Waals surface area contributed by atoms with Crippen LogP contribution in [0, 0.1) is 11.3 Å². The maximum Gasteiger partial charge on any atom is 0.263 e. The molecular formula is C21H30N4O4S. The first-order chi connectivity index (χ1) is 14.1. The van der Waals surface area contributed by atoms with Gasteiger partial charge in [-0.15, -0.1) is 0 Å². The van der Waals surface area contributed by atoms with Crippen molar-refractivity contribution in [3.05, 3.63) is 41.6 Å². The second-order valence-corrected chi connectivity index (χ2v) is 9.95. The number of ether oxygens (including phenoxy) is 1. The van der Waals surface area contributed by atoms with Crippen molar-refractivity contribution in [2.45, 2.75) is 25.4 Å². The fourth-order valence-corrected chi connectivity index (χ4v) is 5.00. The number of methoxy groups -OCH3 is 1. The highest BCUT2D eigenvalue weighted by Crippen LogP contribution is 2.20. The van der Waals surface area contributed by atoms with E-state index in [0.717, 1.165) is 11.3 Å². The van der Waals surface area contributed by atoms with Gasteiger partial charge in [-0.1, -0.05) is 12.1 Å². The van der Waals surface area contributed by atoms with Crippen LogP contribution in [0.2, 0.25) is 0 Å². The van der Waals surface area contributed by atoms with Gasteiger partial charge in [0.2, 0.25) is 0 Å². The Balaban J connectivity index is 2.15. The zero-order valence-electron chi connectivity index (χ0n) is 18.0. The predicted molar refractivity (Wildman–Crippen MR) is 116 cm³/mol. The van der Waals surface area contributed by atoms with Gasteiger partial charge in [-0.3, -0.25) is 4.79 Å². The number of nitriles is 1. The van der Waals surface area contributed by atoms with Crippen molar-refractivity contribution in [2.75, 3.05) is 45.8 Å². The SMILES string of the molecule is COc1ccc(C(C)NC(=O)/C(C#N)=C\N(CCN(C)C)C2CCS(=O)(=O)C2)cc1. The Morgan fingerprint density at radius 2 is 2.00 bits per heavy atom. The van der Waals surface area contributed by atoms with E-state index in [2.05, 4.69) is 5.32 Å². The highest BCUT2D eigenvalue weighted by atomic mass is 32.2. The summed E-state index contributed by atoms with van der Waals surface area (Å²) in [5.74, 6) is 0.404. The molecule has 2 unspecified atom stereocenters. The van der Waals surface area contributed by atoms with Crippen molar-refractivity contribution in [1.29, 1.82) is 5.26 Å². The van der Waals surface area contributed by atoms with E-state index in [0.29, 0.717) is 19.5 Å². The van der Waals surface area contributed by atoms with E-state index in [1.807, 2.05) is 61.2 Å². The van der Waals surface area contributed by atoms with Crippen LogP contribution in [0.15, 0.2) is 36.0 Å². The van der Waals surface area contributed by atoms with Crippen LogP contribution >= 0.6 is 0 Å². The molecule has 2 atom stereocenters. The molecule has 0 aliphatic carbocycles. The van der Waals surface area contributed by atoms with Gasteiger partial charge in [0.25, 0.3) is 5.91 Å². The molecule has 1 aliphatic rings. The number of amides is 1. The van der Waals surface area contributed by atoms with Crippen LogP contribution in [-0.2, 0) is 14.6 Å². The third-order valence-corrected chi connectivity index (χ3v) is 6.86. The molecule has 1 aliphatic heterocycles. The van der Waals surface area contributed by atoms with E-state index in [9.17, 15) is 18.5 Å². The number of carbonyl (C=O) groups excluding carboxylic acids is 1. The van der Waals surface area contributed by atoms with Crippen LogP contribution in [0.25, 0.3) is 0 Å². The highest BCUT2D eigenvalue weighted by Gasteiger charge is 2.31. The number of hydrogen-bond donors (Lipinski definition) is 1. The molecule has 9 heteroatoms. The molecule has 1 aromatic carbocycles. The topological polar surface area (TPSA) is 103 Å². The summed E-state index contributed by atoms with van der Waals surface area (Å²) in [7, 11) is 2.34. The van der Waals surface area contributed by atoms with Crippen LogP contribution in [0.3, 0.4) is 0 Å². The van der Waals surface area contributed by atoms with E-state index < -0.39 is 15.7 Å². The maximum atomic E-state index is 12.7. The smallest absolute Gasteiger partial charge is 0.263 e. The normalized spacial score (nSPS) is 19.2. The van der Waals surface area contributed by atoms with Gasteiger partial charge in [-0.2, -0.15) is 5.26 Å². The third-order valence-electron chi connectivity index (χ3n) is 5.11. The maximum absolute atomic E-state index is 12.7. The first-order valence-electron chi connectivity index (χ1n) is 9.83. The molecule has 1 saturated heterocycles. The molecule has 0 spiro atoms. The van der Waals surface area contributed by atoms with Gasteiger partial charge in [0, 0.05) is 25.3 Å². The number of hydrogen-bond acceptors (Lipinski definition) is 7. The molecule has 2 rings (SSSR count). The van der Waals surface area contributed by atoms with Crippen LogP contribution in [0.5, 0.6) is 5.75 Å². The van der Waals surface area contributed by atoms with Gasteiger partial charge >= 0.3 is 0 Å². The van der Waals surface area contributed by atoms with E-state index in [-0.39, 0.29) is 29.2 Å². The van der Waals surface area contributed by atoms with Crippen LogP contribution < -0.4 is 10.1 Å². The van der Waals surface area contributed by atoms with Crippen molar-refractivity contribution in [1.82, 2.24) is 15.1 Å². The Hall–Kier alpha value is -2.57. The van der Waals surface area contributed by atoms with Crippen LogP contribution in [-0.4, -0.2) is 76.0 Å².